The van der Waals surface area contributed by atoms with Gasteiger partial charge in [-0.25, -0.2) is 4.79 Å². The van der Waals surface area contributed by atoms with Crippen molar-refractivity contribution >= 4 is 68.1 Å². The number of thiocarbonyl (C=S) groups is 1. The molecule has 7 nitrogen and oxygen atoms in total. The van der Waals surface area contributed by atoms with E-state index >= 15 is 0 Å². The van der Waals surface area contributed by atoms with Gasteiger partial charge in [0.25, 0.3) is 11.8 Å². The minimum Gasteiger partial charge on any atom is -0.479 e. The highest BCUT2D eigenvalue weighted by atomic mass is 79.9. The van der Waals surface area contributed by atoms with Gasteiger partial charge in [0.15, 0.2) is 10.4 Å². The average Bonchev–Trinajstić information content (AvgIpc) is 2.97. The predicted octanol–water partition coefficient (Wildman–Crippen LogP) is 3.85. The van der Waals surface area contributed by atoms with Crippen molar-refractivity contribution in [1.82, 2.24) is 10.4 Å². The number of hydrogen-bond acceptors (Lipinski definition) is 6. The van der Waals surface area contributed by atoms with Crippen molar-refractivity contribution < 1.29 is 24.2 Å². The number of hydrazine groups is 1. The molecule has 154 valence electrons. The van der Waals surface area contributed by atoms with Crippen molar-refractivity contribution in [2.45, 2.75) is 13.0 Å². The van der Waals surface area contributed by atoms with Crippen LogP contribution >= 0.6 is 39.9 Å². The number of carboxylic acid groups (broad SMARTS) is 1. The molecule has 2 N–H and O–H groups in total. The first-order valence-corrected chi connectivity index (χ1v) is 10.6. The maximum absolute atomic E-state index is 12.7. The molecule has 1 unspecified atom stereocenters. The molecule has 0 radical (unpaired) electrons. The molecular formula is C20H15BrN2O5S2. The summed E-state index contributed by atoms with van der Waals surface area (Å²) in [4.78, 5) is 36.4. The van der Waals surface area contributed by atoms with Gasteiger partial charge in [-0.2, -0.15) is 5.01 Å². The fraction of sp³-hybridized carbons (Fsp3) is 0.100. The van der Waals surface area contributed by atoms with E-state index in [1.807, 2.05) is 0 Å². The number of benzene rings is 2. The highest BCUT2D eigenvalue weighted by Crippen LogP contribution is 2.32. The zero-order chi connectivity index (χ0) is 21.8. The van der Waals surface area contributed by atoms with Crippen LogP contribution < -0.4 is 10.2 Å². The van der Waals surface area contributed by atoms with Crippen LogP contribution in [0.25, 0.3) is 6.08 Å². The Morgan fingerprint density at radius 1 is 1.23 bits per heavy atom. The van der Waals surface area contributed by atoms with E-state index in [2.05, 4.69) is 21.4 Å². The van der Waals surface area contributed by atoms with Gasteiger partial charge in [-0.15, -0.1) is 0 Å². The van der Waals surface area contributed by atoms with Gasteiger partial charge < -0.3 is 9.84 Å². The molecule has 2 aromatic rings. The third-order valence-corrected chi connectivity index (χ3v) is 5.96. The van der Waals surface area contributed by atoms with Crippen LogP contribution in [-0.4, -0.2) is 38.3 Å². The summed E-state index contributed by atoms with van der Waals surface area (Å²) >= 11 is 9.60. The van der Waals surface area contributed by atoms with E-state index in [9.17, 15) is 14.4 Å². The van der Waals surface area contributed by atoms with E-state index in [1.165, 1.54) is 6.92 Å². The van der Waals surface area contributed by atoms with Gasteiger partial charge in [0, 0.05) is 4.47 Å². The van der Waals surface area contributed by atoms with Crippen molar-refractivity contribution in [2.24, 2.45) is 0 Å². The predicted molar refractivity (Wildman–Crippen MR) is 121 cm³/mol. The molecule has 1 saturated heterocycles. The van der Waals surface area contributed by atoms with Gasteiger partial charge >= 0.3 is 5.97 Å². The number of amides is 2. The van der Waals surface area contributed by atoms with Crippen molar-refractivity contribution in [1.29, 1.82) is 0 Å². The number of rotatable bonds is 6. The lowest BCUT2D eigenvalue weighted by Crippen LogP contribution is -2.44. The summed E-state index contributed by atoms with van der Waals surface area (Å²) in [6.45, 7) is 1.43. The second-order valence-corrected chi connectivity index (χ2v) is 8.64. The molecule has 0 spiro atoms. The number of thioether (sulfide) groups is 1. The normalized spacial score (nSPS) is 15.9. The van der Waals surface area contributed by atoms with Crippen molar-refractivity contribution in [3.8, 4) is 5.75 Å². The Morgan fingerprint density at radius 3 is 2.53 bits per heavy atom. The third kappa shape index (κ3) is 5.07. The van der Waals surface area contributed by atoms with E-state index in [-0.39, 0.29) is 4.32 Å². The highest BCUT2D eigenvalue weighted by molar-refractivity contribution is 9.10. The highest BCUT2D eigenvalue weighted by Gasteiger charge is 2.34. The van der Waals surface area contributed by atoms with Crippen LogP contribution in [0.1, 0.15) is 22.8 Å². The monoisotopic (exact) mass is 506 g/mol. The van der Waals surface area contributed by atoms with Gasteiger partial charge in [0.2, 0.25) is 0 Å². The molecule has 2 aromatic carbocycles. The second kappa shape index (κ2) is 9.41. The lowest BCUT2D eigenvalue weighted by atomic mass is 10.2. The standard InChI is InChI=1S/C20H15BrN2O5S2/c1-11(19(26)27)28-13-8-6-12(7-9-13)10-16-18(25)23(20(29)30-16)22-17(24)14-4-2-3-5-15(14)21/h2-11H,1H3,(H,22,24)(H,26,27)/b16-10+. The van der Waals surface area contributed by atoms with Crippen LogP contribution in [0.4, 0.5) is 0 Å². The van der Waals surface area contributed by atoms with Crippen LogP contribution in [0, 0.1) is 0 Å². The molecule has 0 aliphatic carbocycles. The summed E-state index contributed by atoms with van der Waals surface area (Å²) in [6.07, 6.45) is 0.661. The molecule has 1 aliphatic heterocycles. The number of hydrogen-bond donors (Lipinski definition) is 2. The van der Waals surface area contributed by atoms with E-state index in [4.69, 9.17) is 22.1 Å². The van der Waals surface area contributed by atoms with Crippen LogP contribution in [0.2, 0.25) is 0 Å². The van der Waals surface area contributed by atoms with Gasteiger partial charge in [0.05, 0.1) is 10.5 Å². The molecule has 0 aromatic heterocycles. The Labute approximate surface area is 190 Å². The minimum absolute atomic E-state index is 0.210. The van der Waals surface area contributed by atoms with E-state index < -0.39 is 23.9 Å². The number of carbonyl (C=O) groups excluding carboxylic acids is 2. The molecule has 3 rings (SSSR count). The summed E-state index contributed by atoms with van der Waals surface area (Å²) in [6, 6.07) is 13.5. The van der Waals surface area contributed by atoms with Gasteiger partial charge in [-0.1, -0.05) is 36.0 Å². The average molecular weight is 507 g/mol. The number of carboxylic acids is 1. The molecule has 1 atom stereocenters. The van der Waals surface area contributed by atoms with Crippen LogP contribution in [0.3, 0.4) is 0 Å². The Balaban J connectivity index is 1.71. The SMILES string of the molecule is CC(Oc1ccc(/C=C2/SC(=S)N(NC(=O)c3ccccc3Br)C2=O)cc1)C(=O)O. The molecule has 1 fully saturated rings. The third-order valence-electron chi connectivity index (χ3n) is 3.96. The number of nitrogens with one attached hydrogen (secondary N) is 1. The fourth-order valence-electron chi connectivity index (χ4n) is 2.42. The van der Waals surface area contributed by atoms with Gasteiger partial charge in [-0.05, 0) is 71.0 Å². The van der Waals surface area contributed by atoms with Crippen LogP contribution in [0.5, 0.6) is 5.75 Å². The number of aliphatic carboxylic acids is 1. The topological polar surface area (TPSA) is 95.9 Å². The number of carbonyl (C=O) groups is 3. The van der Waals surface area contributed by atoms with Gasteiger partial charge in [0.1, 0.15) is 5.75 Å². The summed E-state index contributed by atoms with van der Waals surface area (Å²) in [5, 5.41) is 9.93. The summed E-state index contributed by atoms with van der Waals surface area (Å²) in [7, 11) is 0. The first-order valence-electron chi connectivity index (χ1n) is 8.59. The van der Waals surface area contributed by atoms with Crippen LogP contribution in [-0.2, 0) is 9.59 Å². The maximum atomic E-state index is 12.7. The number of ether oxygens (including phenoxy) is 1. The molecule has 0 saturated carbocycles. The Kier molecular flexibility index (Phi) is 6.91. The molecule has 1 heterocycles. The maximum Gasteiger partial charge on any atom is 0.344 e. The zero-order valence-electron chi connectivity index (χ0n) is 15.5. The molecule has 30 heavy (non-hydrogen) atoms. The first-order chi connectivity index (χ1) is 14.3. The summed E-state index contributed by atoms with van der Waals surface area (Å²) in [5.41, 5.74) is 3.60. The Hall–Kier alpha value is -2.69. The van der Waals surface area contributed by atoms with Gasteiger partial charge in [-0.3, -0.25) is 15.0 Å². The minimum atomic E-state index is -1.06. The zero-order valence-corrected chi connectivity index (χ0v) is 18.7. The smallest absolute Gasteiger partial charge is 0.344 e. The van der Waals surface area contributed by atoms with E-state index in [1.54, 1.807) is 54.6 Å². The van der Waals surface area contributed by atoms with Crippen molar-refractivity contribution in [3.63, 3.8) is 0 Å². The largest absolute Gasteiger partial charge is 0.479 e. The van der Waals surface area contributed by atoms with Crippen LogP contribution in [0.15, 0.2) is 57.9 Å². The lowest BCUT2D eigenvalue weighted by molar-refractivity contribution is -0.144. The second-order valence-electron chi connectivity index (χ2n) is 6.11. The fourth-order valence-corrected chi connectivity index (χ4v) is 4.06. The quantitative estimate of drug-likeness (QED) is 0.453. The van der Waals surface area contributed by atoms with E-state index in [0.717, 1.165) is 16.8 Å². The molecular weight excluding hydrogens is 492 g/mol. The molecule has 1 aliphatic rings. The Morgan fingerprint density at radius 2 is 1.90 bits per heavy atom. The van der Waals surface area contributed by atoms with Crippen molar-refractivity contribution in [3.05, 3.63) is 69.0 Å². The molecule has 2 amide bonds. The number of halogens is 1. The van der Waals surface area contributed by atoms with Crippen molar-refractivity contribution in [2.75, 3.05) is 0 Å². The molecule has 10 heteroatoms. The first kappa shape index (κ1) is 22.0. The number of nitrogens with zero attached hydrogens (tertiary/aromatic N) is 1. The summed E-state index contributed by atoms with van der Waals surface area (Å²) < 4.78 is 6.09. The summed E-state index contributed by atoms with van der Waals surface area (Å²) in [5.74, 6) is -1.57. The lowest BCUT2D eigenvalue weighted by Gasteiger charge is -2.16. The molecule has 0 bridgehead atoms. The Bertz CT molecular complexity index is 1060. The van der Waals surface area contributed by atoms with E-state index in [0.29, 0.717) is 26.3 Å².